The van der Waals surface area contributed by atoms with Crippen molar-refractivity contribution in [2.75, 3.05) is 26.1 Å². The number of alkyl halides is 1. The lowest BCUT2D eigenvalue weighted by Gasteiger charge is -2.31. The van der Waals surface area contributed by atoms with Crippen molar-refractivity contribution in [2.45, 2.75) is 26.9 Å². The highest BCUT2D eigenvalue weighted by molar-refractivity contribution is 6.31. The minimum Gasteiger partial charge on any atom is -0.383 e. The second-order valence-electron chi connectivity index (χ2n) is 6.96. The Hall–Kier alpha value is -1.49. The van der Waals surface area contributed by atoms with Gasteiger partial charge >= 0.3 is 0 Å². The van der Waals surface area contributed by atoms with E-state index in [-0.39, 0.29) is 11.8 Å². The standard InChI is InChI=1S/C20H26Cl2N2O2/c1-20(2,15-21)19(25)24(11-12-26-3)14-17-8-6-10-23(17)13-16-7-4-5-9-18(16)22/h4-10H,11-15H2,1-3H3. The predicted octanol–water partition coefficient (Wildman–Crippen LogP) is 4.43. The number of carbonyl (C=O) groups is 1. The van der Waals surface area contributed by atoms with Crippen LogP contribution >= 0.6 is 23.2 Å². The van der Waals surface area contributed by atoms with E-state index < -0.39 is 5.41 Å². The van der Waals surface area contributed by atoms with Crippen molar-refractivity contribution in [3.05, 3.63) is 58.9 Å². The number of amides is 1. The van der Waals surface area contributed by atoms with E-state index >= 15 is 0 Å². The molecule has 0 unspecified atom stereocenters. The van der Waals surface area contributed by atoms with E-state index in [2.05, 4.69) is 4.57 Å². The molecule has 0 bridgehead atoms. The van der Waals surface area contributed by atoms with Crippen LogP contribution in [0.1, 0.15) is 25.1 Å². The Morgan fingerprint density at radius 3 is 2.62 bits per heavy atom. The van der Waals surface area contributed by atoms with E-state index in [1.165, 1.54) is 0 Å². The molecule has 1 heterocycles. The van der Waals surface area contributed by atoms with Gasteiger partial charge in [0.25, 0.3) is 0 Å². The average Bonchev–Trinajstić information content (AvgIpc) is 3.06. The van der Waals surface area contributed by atoms with E-state index in [4.69, 9.17) is 27.9 Å². The third-order valence-electron chi connectivity index (χ3n) is 4.34. The molecule has 0 atom stereocenters. The lowest BCUT2D eigenvalue weighted by molar-refractivity contribution is -0.140. The smallest absolute Gasteiger partial charge is 0.229 e. The summed E-state index contributed by atoms with van der Waals surface area (Å²) < 4.78 is 7.29. The van der Waals surface area contributed by atoms with Gasteiger partial charge in [0.1, 0.15) is 0 Å². The van der Waals surface area contributed by atoms with E-state index in [9.17, 15) is 4.79 Å². The summed E-state index contributed by atoms with van der Waals surface area (Å²) >= 11 is 12.3. The Morgan fingerprint density at radius 2 is 1.96 bits per heavy atom. The lowest BCUT2D eigenvalue weighted by Crippen LogP contribution is -2.43. The number of ether oxygens (including phenoxy) is 1. The molecular formula is C20H26Cl2N2O2. The molecule has 26 heavy (non-hydrogen) atoms. The molecule has 4 nitrogen and oxygen atoms in total. The molecular weight excluding hydrogens is 371 g/mol. The first-order valence-corrected chi connectivity index (χ1v) is 9.52. The molecule has 6 heteroatoms. The van der Waals surface area contributed by atoms with Crippen LogP contribution in [0.25, 0.3) is 0 Å². The van der Waals surface area contributed by atoms with E-state index in [1.807, 2.05) is 61.3 Å². The normalized spacial score (nSPS) is 11.6. The summed E-state index contributed by atoms with van der Waals surface area (Å²) in [6, 6.07) is 11.8. The molecule has 1 amide bonds. The van der Waals surface area contributed by atoms with Crippen LogP contribution in [0.2, 0.25) is 5.02 Å². The monoisotopic (exact) mass is 396 g/mol. The molecule has 0 fully saturated rings. The maximum atomic E-state index is 12.9. The Balaban J connectivity index is 2.20. The van der Waals surface area contributed by atoms with Crippen LogP contribution in [-0.4, -0.2) is 41.5 Å². The van der Waals surface area contributed by atoms with Crippen molar-refractivity contribution < 1.29 is 9.53 Å². The van der Waals surface area contributed by atoms with Crippen LogP contribution in [0.5, 0.6) is 0 Å². The van der Waals surface area contributed by atoms with Crippen LogP contribution in [0.3, 0.4) is 0 Å². The zero-order chi connectivity index (χ0) is 19.2. The second-order valence-corrected chi connectivity index (χ2v) is 7.63. The average molecular weight is 397 g/mol. The Labute approximate surface area is 165 Å². The quantitative estimate of drug-likeness (QED) is 0.587. The van der Waals surface area contributed by atoms with E-state index in [0.717, 1.165) is 16.3 Å². The van der Waals surface area contributed by atoms with Crippen molar-refractivity contribution in [3.8, 4) is 0 Å². The summed E-state index contributed by atoms with van der Waals surface area (Å²) in [6.45, 7) is 5.89. The van der Waals surface area contributed by atoms with Crippen LogP contribution in [0, 0.1) is 5.41 Å². The van der Waals surface area contributed by atoms with Gasteiger partial charge in [-0.2, -0.15) is 0 Å². The van der Waals surface area contributed by atoms with Gasteiger partial charge in [-0.1, -0.05) is 29.8 Å². The maximum absolute atomic E-state index is 12.9. The molecule has 142 valence electrons. The Kier molecular flexibility index (Phi) is 7.56. The molecule has 1 aromatic carbocycles. The predicted molar refractivity (Wildman–Crippen MR) is 107 cm³/mol. The van der Waals surface area contributed by atoms with Crippen LogP contribution in [0.15, 0.2) is 42.6 Å². The number of hydrogen-bond donors (Lipinski definition) is 0. The summed E-state index contributed by atoms with van der Waals surface area (Å²) in [4.78, 5) is 14.7. The topological polar surface area (TPSA) is 34.5 Å². The van der Waals surface area contributed by atoms with Gasteiger partial charge in [0.15, 0.2) is 0 Å². The first-order chi connectivity index (χ1) is 12.4. The van der Waals surface area contributed by atoms with Crippen molar-refractivity contribution in [2.24, 2.45) is 5.41 Å². The molecule has 0 spiro atoms. The molecule has 0 aliphatic heterocycles. The van der Waals surface area contributed by atoms with Crippen LogP contribution in [-0.2, 0) is 22.6 Å². The number of nitrogens with zero attached hydrogens (tertiary/aromatic N) is 2. The third kappa shape index (κ3) is 5.26. The van der Waals surface area contributed by atoms with Gasteiger partial charge < -0.3 is 14.2 Å². The maximum Gasteiger partial charge on any atom is 0.229 e. The zero-order valence-corrected chi connectivity index (χ0v) is 17.1. The van der Waals surface area contributed by atoms with Gasteiger partial charge in [0, 0.05) is 43.0 Å². The highest BCUT2D eigenvalue weighted by Crippen LogP contribution is 2.23. The fourth-order valence-corrected chi connectivity index (χ4v) is 3.00. The van der Waals surface area contributed by atoms with Crippen LogP contribution in [0.4, 0.5) is 0 Å². The molecule has 0 aliphatic rings. The van der Waals surface area contributed by atoms with Crippen molar-refractivity contribution in [1.82, 2.24) is 9.47 Å². The molecule has 2 aromatic rings. The molecule has 1 aromatic heterocycles. The summed E-state index contributed by atoms with van der Waals surface area (Å²) in [5.41, 5.74) is 1.47. The first-order valence-electron chi connectivity index (χ1n) is 8.60. The lowest BCUT2D eigenvalue weighted by atomic mass is 9.94. The number of aromatic nitrogens is 1. The Bertz CT molecular complexity index is 728. The number of benzene rings is 1. The number of hydrogen-bond acceptors (Lipinski definition) is 2. The summed E-state index contributed by atoms with van der Waals surface area (Å²) in [6.07, 6.45) is 2.00. The van der Waals surface area contributed by atoms with Gasteiger partial charge in [-0.05, 0) is 37.6 Å². The molecule has 2 rings (SSSR count). The number of methoxy groups -OCH3 is 1. The largest absolute Gasteiger partial charge is 0.383 e. The third-order valence-corrected chi connectivity index (χ3v) is 5.38. The summed E-state index contributed by atoms with van der Waals surface area (Å²) in [5, 5.41) is 0.739. The highest BCUT2D eigenvalue weighted by atomic mass is 35.5. The van der Waals surface area contributed by atoms with Crippen molar-refractivity contribution in [3.63, 3.8) is 0 Å². The molecule has 0 radical (unpaired) electrons. The van der Waals surface area contributed by atoms with Crippen LogP contribution < -0.4 is 0 Å². The fraction of sp³-hybridized carbons (Fsp3) is 0.450. The minimum absolute atomic E-state index is 0.0232. The molecule has 0 N–H and O–H groups in total. The zero-order valence-electron chi connectivity index (χ0n) is 15.5. The Morgan fingerprint density at radius 1 is 1.23 bits per heavy atom. The van der Waals surface area contributed by atoms with Crippen molar-refractivity contribution in [1.29, 1.82) is 0 Å². The molecule has 0 saturated heterocycles. The van der Waals surface area contributed by atoms with Gasteiger partial charge in [0.05, 0.1) is 18.6 Å². The SMILES string of the molecule is COCCN(Cc1cccn1Cc1ccccc1Cl)C(=O)C(C)(C)CCl. The molecule has 0 saturated carbocycles. The first kappa shape index (κ1) is 20.8. The van der Waals surface area contributed by atoms with Gasteiger partial charge in [-0.25, -0.2) is 0 Å². The van der Waals surface area contributed by atoms with Gasteiger partial charge in [-0.15, -0.1) is 11.6 Å². The van der Waals surface area contributed by atoms with E-state index in [1.54, 1.807) is 7.11 Å². The highest BCUT2D eigenvalue weighted by Gasteiger charge is 2.31. The molecule has 0 aliphatic carbocycles. The van der Waals surface area contributed by atoms with Gasteiger partial charge in [0.2, 0.25) is 5.91 Å². The van der Waals surface area contributed by atoms with Crippen molar-refractivity contribution >= 4 is 29.1 Å². The fourth-order valence-electron chi connectivity index (χ4n) is 2.69. The minimum atomic E-state index is -0.616. The van der Waals surface area contributed by atoms with Gasteiger partial charge in [-0.3, -0.25) is 4.79 Å². The number of rotatable bonds is 9. The number of carbonyl (C=O) groups excluding carboxylic acids is 1. The summed E-state index contributed by atoms with van der Waals surface area (Å²) in [5.74, 6) is 0.297. The van der Waals surface area contributed by atoms with E-state index in [0.29, 0.717) is 26.2 Å². The second kappa shape index (κ2) is 9.45. The summed E-state index contributed by atoms with van der Waals surface area (Å²) in [7, 11) is 1.63. The number of halogens is 2.